The van der Waals surface area contributed by atoms with E-state index in [1.54, 1.807) is 0 Å². The van der Waals surface area contributed by atoms with E-state index in [0.717, 1.165) is 43.2 Å². The Morgan fingerprint density at radius 2 is 2.11 bits per heavy atom. The van der Waals surface area contributed by atoms with Gasteiger partial charge in [0.05, 0.1) is 25.9 Å². The number of hydrogen-bond acceptors (Lipinski definition) is 4. The van der Waals surface area contributed by atoms with Gasteiger partial charge in [-0.15, -0.1) is 0 Å². The molecule has 1 unspecified atom stereocenters. The van der Waals surface area contributed by atoms with Crippen molar-refractivity contribution in [3.05, 3.63) is 29.3 Å². The van der Waals surface area contributed by atoms with Gasteiger partial charge in [-0.3, -0.25) is 4.90 Å². The lowest BCUT2D eigenvalue weighted by Gasteiger charge is -2.29. The van der Waals surface area contributed by atoms with Crippen molar-refractivity contribution in [3.8, 4) is 5.75 Å². The van der Waals surface area contributed by atoms with Gasteiger partial charge < -0.3 is 14.6 Å². The first-order valence-corrected chi connectivity index (χ1v) is 6.92. The van der Waals surface area contributed by atoms with Crippen LogP contribution < -0.4 is 4.74 Å². The summed E-state index contributed by atoms with van der Waals surface area (Å²) in [4.78, 5) is 2.23. The molecule has 1 atom stereocenters. The number of ether oxygens (including phenoxy) is 2. The van der Waals surface area contributed by atoms with Gasteiger partial charge in [0, 0.05) is 25.2 Å². The van der Waals surface area contributed by atoms with Gasteiger partial charge in [0.25, 0.3) is 0 Å². The Labute approximate surface area is 114 Å². The zero-order valence-electron chi connectivity index (χ0n) is 11.8. The van der Waals surface area contributed by atoms with E-state index in [0.29, 0.717) is 13.2 Å². The van der Waals surface area contributed by atoms with E-state index in [1.165, 1.54) is 0 Å². The number of aliphatic hydroxyl groups excluding tert-OH is 1. The summed E-state index contributed by atoms with van der Waals surface area (Å²) < 4.78 is 10.9. The van der Waals surface area contributed by atoms with Crippen molar-refractivity contribution in [2.24, 2.45) is 0 Å². The highest BCUT2D eigenvalue weighted by atomic mass is 16.5. The molecule has 0 saturated carbocycles. The maximum Gasteiger partial charge on any atom is 0.125 e. The molecule has 1 saturated heterocycles. The van der Waals surface area contributed by atoms with Gasteiger partial charge in [0.2, 0.25) is 0 Å². The first-order valence-electron chi connectivity index (χ1n) is 6.92. The van der Waals surface area contributed by atoms with Crippen molar-refractivity contribution >= 4 is 0 Å². The Morgan fingerprint density at radius 3 is 2.79 bits per heavy atom. The van der Waals surface area contributed by atoms with Crippen LogP contribution in [0.4, 0.5) is 0 Å². The maximum absolute atomic E-state index is 10.4. The molecule has 2 rings (SSSR count). The molecule has 0 spiro atoms. The lowest BCUT2D eigenvalue weighted by Crippen LogP contribution is -2.38. The Hall–Kier alpha value is -1.10. The molecule has 1 fully saturated rings. The van der Waals surface area contributed by atoms with Crippen molar-refractivity contribution in [3.63, 3.8) is 0 Å². The maximum atomic E-state index is 10.4. The first-order chi connectivity index (χ1) is 9.20. The molecule has 0 bridgehead atoms. The SMILES string of the molecule is CCOc1ccc(C)cc1C(O)CN1CCOCC1. The molecule has 1 aliphatic heterocycles. The summed E-state index contributed by atoms with van der Waals surface area (Å²) in [5.41, 5.74) is 2.02. The number of benzene rings is 1. The molecule has 1 aromatic rings. The van der Waals surface area contributed by atoms with Crippen molar-refractivity contribution in [2.45, 2.75) is 20.0 Å². The zero-order chi connectivity index (χ0) is 13.7. The van der Waals surface area contributed by atoms with Crippen LogP contribution in [0.15, 0.2) is 18.2 Å². The molecule has 4 nitrogen and oxygen atoms in total. The molecule has 1 heterocycles. The third-order valence-corrected chi connectivity index (χ3v) is 3.36. The van der Waals surface area contributed by atoms with E-state index in [2.05, 4.69) is 4.90 Å². The fourth-order valence-corrected chi connectivity index (χ4v) is 2.34. The van der Waals surface area contributed by atoms with Crippen molar-refractivity contribution in [1.82, 2.24) is 4.90 Å². The predicted octanol–water partition coefficient (Wildman–Crippen LogP) is 1.76. The highest BCUT2D eigenvalue weighted by Gasteiger charge is 2.19. The summed E-state index contributed by atoms with van der Waals surface area (Å²) in [6, 6.07) is 5.96. The van der Waals surface area contributed by atoms with Crippen molar-refractivity contribution < 1.29 is 14.6 Å². The number of hydrogen-bond donors (Lipinski definition) is 1. The van der Waals surface area contributed by atoms with Crippen molar-refractivity contribution in [1.29, 1.82) is 0 Å². The summed E-state index contributed by atoms with van der Waals surface area (Å²) in [7, 11) is 0. The Balaban J connectivity index is 2.07. The average Bonchev–Trinajstić information content (AvgIpc) is 2.42. The average molecular weight is 265 g/mol. The molecule has 0 aromatic heterocycles. The quantitative estimate of drug-likeness (QED) is 0.881. The number of morpholine rings is 1. The molecule has 1 aromatic carbocycles. The molecule has 0 radical (unpaired) electrons. The molecule has 4 heteroatoms. The number of aryl methyl sites for hydroxylation is 1. The topological polar surface area (TPSA) is 41.9 Å². The lowest BCUT2D eigenvalue weighted by molar-refractivity contribution is 0.0138. The molecule has 0 aliphatic carbocycles. The van der Waals surface area contributed by atoms with Crippen LogP contribution in [0.3, 0.4) is 0 Å². The molecular weight excluding hydrogens is 242 g/mol. The Kier molecular flexibility index (Phi) is 5.19. The second-order valence-electron chi connectivity index (χ2n) is 4.90. The van der Waals surface area contributed by atoms with Crippen LogP contribution in [0.1, 0.15) is 24.2 Å². The lowest BCUT2D eigenvalue weighted by atomic mass is 10.0. The van der Waals surface area contributed by atoms with Gasteiger partial charge in [-0.25, -0.2) is 0 Å². The van der Waals surface area contributed by atoms with E-state index >= 15 is 0 Å². The largest absolute Gasteiger partial charge is 0.493 e. The second-order valence-corrected chi connectivity index (χ2v) is 4.90. The van der Waals surface area contributed by atoms with Crippen LogP contribution in [-0.2, 0) is 4.74 Å². The van der Waals surface area contributed by atoms with Gasteiger partial charge in [0.15, 0.2) is 0 Å². The number of nitrogens with zero attached hydrogens (tertiary/aromatic N) is 1. The van der Waals surface area contributed by atoms with Crippen molar-refractivity contribution in [2.75, 3.05) is 39.5 Å². The van der Waals surface area contributed by atoms with E-state index in [-0.39, 0.29) is 0 Å². The number of β-amino-alcohol motifs (C(OH)–C–C–N with tert-alkyl or cyclic N) is 1. The minimum atomic E-state index is -0.514. The smallest absolute Gasteiger partial charge is 0.125 e. The van der Waals surface area contributed by atoms with Crippen LogP contribution in [0.5, 0.6) is 5.75 Å². The third-order valence-electron chi connectivity index (χ3n) is 3.36. The summed E-state index contributed by atoms with van der Waals surface area (Å²) >= 11 is 0. The standard InChI is InChI=1S/C15H23NO3/c1-3-19-15-5-4-12(2)10-13(15)14(17)11-16-6-8-18-9-7-16/h4-5,10,14,17H,3,6-9,11H2,1-2H3. The van der Waals surface area contributed by atoms with Crippen LogP contribution >= 0.6 is 0 Å². The van der Waals surface area contributed by atoms with E-state index in [9.17, 15) is 5.11 Å². The Morgan fingerprint density at radius 1 is 1.37 bits per heavy atom. The van der Waals surface area contributed by atoms with E-state index in [4.69, 9.17) is 9.47 Å². The van der Waals surface area contributed by atoms with Gasteiger partial charge in [-0.2, -0.15) is 0 Å². The highest BCUT2D eigenvalue weighted by Crippen LogP contribution is 2.27. The van der Waals surface area contributed by atoms with E-state index in [1.807, 2.05) is 32.0 Å². The molecule has 1 N–H and O–H groups in total. The van der Waals surface area contributed by atoms with Crippen LogP contribution in [0, 0.1) is 6.92 Å². The summed E-state index contributed by atoms with van der Waals surface area (Å²) in [6.07, 6.45) is -0.514. The minimum Gasteiger partial charge on any atom is -0.493 e. The second kappa shape index (κ2) is 6.89. The van der Waals surface area contributed by atoms with Crippen LogP contribution in [0.25, 0.3) is 0 Å². The van der Waals surface area contributed by atoms with Gasteiger partial charge >= 0.3 is 0 Å². The highest BCUT2D eigenvalue weighted by molar-refractivity contribution is 5.38. The molecular formula is C15H23NO3. The van der Waals surface area contributed by atoms with Crippen LogP contribution in [0.2, 0.25) is 0 Å². The fraction of sp³-hybridized carbons (Fsp3) is 0.600. The summed E-state index contributed by atoms with van der Waals surface area (Å²) in [6.45, 7) is 8.49. The predicted molar refractivity (Wildman–Crippen MR) is 74.6 cm³/mol. The van der Waals surface area contributed by atoms with Gasteiger partial charge in [-0.05, 0) is 26.0 Å². The zero-order valence-corrected chi connectivity index (χ0v) is 11.8. The first kappa shape index (κ1) is 14.3. The van der Waals surface area contributed by atoms with Gasteiger partial charge in [0.1, 0.15) is 5.75 Å². The molecule has 1 aliphatic rings. The van der Waals surface area contributed by atoms with Crippen LogP contribution in [-0.4, -0.2) is 49.5 Å². The summed E-state index contributed by atoms with van der Waals surface area (Å²) in [5.74, 6) is 0.786. The normalized spacial score (nSPS) is 18.3. The third kappa shape index (κ3) is 3.93. The molecule has 0 amide bonds. The Bertz CT molecular complexity index is 402. The number of rotatable bonds is 5. The number of aliphatic hydroxyl groups is 1. The molecule has 19 heavy (non-hydrogen) atoms. The summed E-state index contributed by atoms with van der Waals surface area (Å²) in [5, 5.41) is 10.4. The fourth-order valence-electron chi connectivity index (χ4n) is 2.34. The van der Waals surface area contributed by atoms with Gasteiger partial charge in [-0.1, -0.05) is 11.6 Å². The monoisotopic (exact) mass is 265 g/mol. The minimum absolute atomic E-state index is 0.514. The van der Waals surface area contributed by atoms with E-state index < -0.39 is 6.10 Å². The molecule has 106 valence electrons.